The molecule has 0 spiro atoms. The van der Waals surface area contributed by atoms with Gasteiger partial charge in [0.2, 0.25) is 6.17 Å². The van der Waals surface area contributed by atoms with Crippen LogP contribution in [0.4, 0.5) is 16.2 Å². The Labute approximate surface area is 198 Å². The molecule has 4 rings (SSSR count). The third-order valence-corrected chi connectivity index (χ3v) is 6.19. The van der Waals surface area contributed by atoms with Crippen LogP contribution in [0.15, 0.2) is 53.5 Å². The molecule has 0 aromatic heterocycles. The van der Waals surface area contributed by atoms with Crippen LogP contribution in [-0.4, -0.2) is 35.3 Å². The molecule has 9 nitrogen and oxygen atoms in total. The molecule has 1 aliphatic heterocycles. The lowest BCUT2D eigenvalue weighted by atomic mass is 9.83. The molecular formula is C25H28N4O5. The molecule has 178 valence electrons. The average molecular weight is 465 g/mol. The Morgan fingerprint density at radius 2 is 1.85 bits per heavy atom. The highest BCUT2D eigenvalue weighted by Gasteiger charge is 2.35. The first kappa shape index (κ1) is 23.4. The van der Waals surface area contributed by atoms with Crippen molar-refractivity contribution in [2.24, 2.45) is 10.9 Å². The largest absolute Gasteiger partial charge is 0.414 e. The fraction of sp³-hybridized carbons (Fsp3) is 0.400. The van der Waals surface area contributed by atoms with Crippen molar-refractivity contribution in [2.45, 2.75) is 51.6 Å². The van der Waals surface area contributed by atoms with Gasteiger partial charge in [-0.1, -0.05) is 44.4 Å². The van der Waals surface area contributed by atoms with E-state index in [1.54, 1.807) is 4.90 Å². The quantitative estimate of drug-likeness (QED) is 0.485. The van der Waals surface area contributed by atoms with Crippen molar-refractivity contribution in [3.8, 4) is 5.75 Å². The first-order chi connectivity index (χ1) is 16.5. The zero-order valence-electron chi connectivity index (χ0n) is 19.1. The molecule has 2 amide bonds. The summed E-state index contributed by atoms with van der Waals surface area (Å²) in [4.78, 5) is 43.0. The van der Waals surface area contributed by atoms with E-state index in [2.05, 4.69) is 5.32 Å². The van der Waals surface area contributed by atoms with Crippen LogP contribution < -0.4 is 15.0 Å². The number of non-ortho nitro benzene ring substituents is 1. The second-order valence-corrected chi connectivity index (χ2v) is 8.54. The molecule has 0 radical (unpaired) electrons. The van der Waals surface area contributed by atoms with Gasteiger partial charge in [0.05, 0.1) is 16.3 Å². The minimum absolute atomic E-state index is 0.110. The summed E-state index contributed by atoms with van der Waals surface area (Å²) in [5.74, 6) is 0.0365. The van der Waals surface area contributed by atoms with Crippen LogP contribution >= 0.6 is 0 Å². The summed E-state index contributed by atoms with van der Waals surface area (Å²) in [6.45, 7) is 2.49. The number of nitrogens with zero attached hydrogens (tertiary/aromatic N) is 3. The first-order valence-corrected chi connectivity index (χ1v) is 11.7. The number of nitro groups is 1. The van der Waals surface area contributed by atoms with E-state index in [-0.39, 0.29) is 23.3 Å². The molecule has 1 heterocycles. The Hall–Kier alpha value is -3.75. The van der Waals surface area contributed by atoms with Gasteiger partial charge in [0, 0.05) is 30.2 Å². The highest BCUT2D eigenvalue weighted by atomic mass is 16.6. The van der Waals surface area contributed by atoms with Gasteiger partial charge in [-0.3, -0.25) is 25.2 Å². The number of para-hydroxylation sites is 1. The molecule has 1 saturated carbocycles. The van der Waals surface area contributed by atoms with Gasteiger partial charge in [-0.25, -0.2) is 4.79 Å². The number of amides is 2. The van der Waals surface area contributed by atoms with Gasteiger partial charge in [0.1, 0.15) is 5.75 Å². The van der Waals surface area contributed by atoms with E-state index < -0.39 is 17.2 Å². The van der Waals surface area contributed by atoms with E-state index in [9.17, 15) is 19.7 Å². The Balaban J connectivity index is 1.62. The lowest BCUT2D eigenvalue weighted by molar-refractivity contribution is -0.384. The summed E-state index contributed by atoms with van der Waals surface area (Å²) in [5.41, 5.74) is 2.49. The summed E-state index contributed by atoms with van der Waals surface area (Å²) >= 11 is 0. The van der Waals surface area contributed by atoms with Crippen LogP contribution in [0.1, 0.15) is 51.0 Å². The number of fused-ring (bicyclic) bond motifs is 1. The maximum Gasteiger partial charge on any atom is 0.414 e. The normalized spacial score (nSPS) is 18.5. The summed E-state index contributed by atoms with van der Waals surface area (Å²) in [5, 5.41) is 13.4. The Morgan fingerprint density at radius 1 is 1.15 bits per heavy atom. The van der Waals surface area contributed by atoms with Crippen molar-refractivity contribution in [2.75, 3.05) is 11.4 Å². The lowest BCUT2D eigenvalue weighted by Gasteiger charge is -2.26. The number of benzene rings is 2. The van der Waals surface area contributed by atoms with E-state index in [4.69, 9.17) is 9.73 Å². The van der Waals surface area contributed by atoms with Crippen LogP contribution in [0.2, 0.25) is 0 Å². The van der Waals surface area contributed by atoms with Crippen molar-refractivity contribution >= 4 is 29.1 Å². The van der Waals surface area contributed by atoms with E-state index in [1.165, 1.54) is 30.7 Å². The summed E-state index contributed by atoms with van der Waals surface area (Å²) in [6.07, 6.45) is 4.18. The minimum Gasteiger partial charge on any atom is -0.410 e. The van der Waals surface area contributed by atoms with Crippen LogP contribution in [0.3, 0.4) is 0 Å². The maximum absolute atomic E-state index is 13.5. The number of benzodiazepines with no additional fused rings is 1. The van der Waals surface area contributed by atoms with Crippen molar-refractivity contribution in [1.29, 1.82) is 0 Å². The summed E-state index contributed by atoms with van der Waals surface area (Å²) in [6, 6.07) is 12.9. The maximum atomic E-state index is 13.5. The molecule has 1 aliphatic carbocycles. The highest BCUT2D eigenvalue weighted by molar-refractivity contribution is 6.14. The van der Waals surface area contributed by atoms with Crippen molar-refractivity contribution < 1.29 is 19.2 Å². The number of anilines is 1. The molecule has 2 aromatic rings. The van der Waals surface area contributed by atoms with Crippen molar-refractivity contribution in [3.63, 3.8) is 0 Å². The number of hydrogen-bond donors (Lipinski definition) is 1. The number of carbonyl (C=O) groups excluding carboxylic acids is 2. The van der Waals surface area contributed by atoms with Gasteiger partial charge < -0.3 is 9.64 Å². The highest BCUT2D eigenvalue weighted by Crippen LogP contribution is 2.34. The number of hydrogen-bond acceptors (Lipinski definition) is 6. The zero-order chi connectivity index (χ0) is 24.1. The van der Waals surface area contributed by atoms with Gasteiger partial charge in [0.25, 0.3) is 11.6 Å². The molecular weight excluding hydrogens is 436 g/mol. The second kappa shape index (κ2) is 10.5. The minimum atomic E-state index is -1.12. The molecule has 9 heteroatoms. The Bertz CT molecular complexity index is 1090. The monoisotopic (exact) mass is 464 g/mol. The van der Waals surface area contributed by atoms with Gasteiger partial charge in [0.15, 0.2) is 0 Å². The number of ether oxygens (including phenoxy) is 1. The molecule has 1 N–H and O–H groups in total. The number of nitro benzene ring substituents is 1. The van der Waals surface area contributed by atoms with Crippen LogP contribution in [0, 0.1) is 16.0 Å². The smallest absolute Gasteiger partial charge is 0.410 e. The average Bonchev–Trinajstić information content (AvgIpc) is 2.96. The van der Waals surface area contributed by atoms with E-state index in [1.807, 2.05) is 31.2 Å². The van der Waals surface area contributed by atoms with Gasteiger partial charge >= 0.3 is 6.09 Å². The second-order valence-electron chi connectivity index (χ2n) is 8.54. The van der Waals surface area contributed by atoms with Crippen LogP contribution in [0.5, 0.6) is 5.75 Å². The lowest BCUT2D eigenvalue weighted by Crippen LogP contribution is -2.48. The number of nitrogens with one attached hydrogen (secondary N) is 1. The molecule has 34 heavy (non-hydrogen) atoms. The van der Waals surface area contributed by atoms with E-state index in [0.717, 1.165) is 49.1 Å². The molecule has 1 atom stereocenters. The van der Waals surface area contributed by atoms with Crippen molar-refractivity contribution in [3.05, 3.63) is 64.2 Å². The topological polar surface area (TPSA) is 114 Å². The number of aliphatic imine (C=N–C) groups is 1. The third kappa shape index (κ3) is 5.08. The van der Waals surface area contributed by atoms with E-state index in [0.29, 0.717) is 6.54 Å². The predicted molar refractivity (Wildman–Crippen MR) is 128 cm³/mol. The standard InChI is InChI=1S/C25H28N4O5/c1-2-16-28-21-11-7-6-10-20(21)22(17-8-4-3-5-9-17)26-23(24(28)30)27-25(31)34-19-14-12-18(13-15-19)29(32)33/h6-7,10-15,17,23H,2-5,8-9,16H2,1H3,(H,27,31). The number of carbonyl (C=O) groups is 2. The van der Waals surface area contributed by atoms with Crippen molar-refractivity contribution in [1.82, 2.24) is 5.32 Å². The zero-order valence-corrected chi connectivity index (χ0v) is 19.1. The molecule has 1 fully saturated rings. The van der Waals surface area contributed by atoms with Gasteiger partial charge in [-0.05, 0) is 37.5 Å². The van der Waals surface area contributed by atoms with Crippen LogP contribution in [-0.2, 0) is 4.79 Å². The molecule has 0 saturated heterocycles. The predicted octanol–water partition coefficient (Wildman–Crippen LogP) is 4.84. The Kier molecular flexibility index (Phi) is 7.20. The molecule has 0 bridgehead atoms. The van der Waals surface area contributed by atoms with Gasteiger partial charge in [-0.15, -0.1) is 0 Å². The number of rotatable bonds is 6. The summed E-state index contributed by atoms with van der Waals surface area (Å²) in [7, 11) is 0. The summed E-state index contributed by atoms with van der Waals surface area (Å²) < 4.78 is 5.28. The fourth-order valence-electron chi connectivity index (χ4n) is 4.59. The SMILES string of the molecule is CCCN1C(=O)C(NC(=O)Oc2ccc([N+](=O)[O-])cc2)N=C(C2CCCCC2)c2ccccc21. The molecule has 2 aromatic carbocycles. The fourth-order valence-corrected chi connectivity index (χ4v) is 4.59. The van der Waals surface area contributed by atoms with Gasteiger partial charge in [-0.2, -0.15) is 0 Å². The van der Waals surface area contributed by atoms with Crippen LogP contribution in [0.25, 0.3) is 0 Å². The molecule has 2 aliphatic rings. The molecule has 1 unspecified atom stereocenters. The third-order valence-electron chi connectivity index (χ3n) is 6.19. The Morgan fingerprint density at radius 3 is 2.53 bits per heavy atom. The van der Waals surface area contributed by atoms with E-state index >= 15 is 0 Å². The first-order valence-electron chi connectivity index (χ1n) is 11.7.